The van der Waals surface area contributed by atoms with Crippen LogP contribution in [0.5, 0.6) is 0 Å². The van der Waals surface area contributed by atoms with E-state index >= 15 is 0 Å². The Hall–Kier alpha value is -4.54. The van der Waals surface area contributed by atoms with E-state index < -0.39 is 5.97 Å². The zero-order valence-electron chi connectivity index (χ0n) is 27.6. The van der Waals surface area contributed by atoms with E-state index in [1.165, 1.54) is 11.1 Å². The van der Waals surface area contributed by atoms with Crippen molar-refractivity contribution in [3.8, 4) is 33.8 Å². The van der Waals surface area contributed by atoms with Gasteiger partial charge in [0.15, 0.2) is 0 Å². The van der Waals surface area contributed by atoms with Crippen LogP contribution in [0.25, 0.3) is 66.6 Å². The molecule has 0 saturated carbocycles. The summed E-state index contributed by atoms with van der Waals surface area (Å²) in [7, 11) is 2.03. The molecule has 7 aromatic rings. The number of carboxylic acids is 1. The third-order valence-electron chi connectivity index (χ3n) is 8.94. The van der Waals surface area contributed by atoms with Gasteiger partial charge in [-0.3, -0.25) is 0 Å². The number of hydrogen-bond acceptors (Lipinski definition) is 3. The molecule has 0 fully saturated rings. The molecule has 3 aromatic heterocycles. The number of fused-ring (bicyclic) bond motifs is 4. The van der Waals surface area contributed by atoms with Crippen molar-refractivity contribution in [1.82, 2.24) is 19.5 Å². The van der Waals surface area contributed by atoms with Gasteiger partial charge in [0, 0.05) is 39.2 Å². The fraction of sp³-hybridized carbons (Fsp3) is 0.225. The number of pyridine rings is 1. The third kappa shape index (κ3) is 5.70. The zero-order valence-corrected chi connectivity index (χ0v) is 29.9. The molecule has 7 rings (SSSR count). The number of aromatic carboxylic acids is 1. The van der Waals surface area contributed by atoms with Gasteiger partial charge in [0.05, 0.1) is 16.7 Å². The monoisotopic (exact) mass is 800 g/mol. The predicted molar refractivity (Wildman–Crippen MR) is 188 cm³/mol. The van der Waals surface area contributed by atoms with Crippen LogP contribution in [0.1, 0.15) is 63.2 Å². The number of para-hydroxylation sites is 1. The molecule has 7 heteroatoms. The molecule has 0 bridgehead atoms. The van der Waals surface area contributed by atoms with E-state index in [0.717, 1.165) is 60.9 Å². The molecule has 240 valence electrons. The number of hydrogen-bond donors (Lipinski definition) is 1. The van der Waals surface area contributed by atoms with Crippen LogP contribution >= 0.6 is 0 Å². The SMILES string of the molecule is Cn1c(-c2cc(C(C)(C)C)cc3c2[n-]c2ccc(C(C)(C)C)cc23)nc2c(-c3cc(-c4ccccc4)cc(C(=O)O)n3)cccc21.[Pt]. The van der Waals surface area contributed by atoms with Gasteiger partial charge in [-0.1, -0.05) is 108 Å². The molecule has 0 unspecified atom stereocenters. The topological polar surface area (TPSA) is 82.1 Å². The molecule has 0 aliphatic heterocycles. The van der Waals surface area contributed by atoms with Gasteiger partial charge in [-0.2, -0.15) is 0 Å². The molecule has 0 aliphatic rings. The number of carboxylic acid groups (broad SMARTS) is 1. The molecular formula is C40H37N4O2Pt-. The van der Waals surface area contributed by atoms with Crippen LogP contribution in [0.15, 0.2) is 91.0 Å². The molecule has 0 saturated heterocycles. The number of aromatic nitrogens is 4. The van der Waals surface area contributed by atoms with Crippen molar-refractivity contribution in [1.29, 1.82) is 0 Å². The second-order valence-electron chi connectivity index (χ2n) is 14.2. The quantitative estimate of drug-likeness (QED) is 0.192. The van der Waals surface area contributed by atoms with E-state index in [1.807, 2.05) is 61.6 Å². The third-order valence-corrected chi connectivity index (χ3v) is 8.94. The number of aryl methyl sites for hydroxylation is 1. The van der Waals surface area contributed by atoms with Gasteiger partial charge in [0.25, 0.3) is 0 Å². The predicted octanol–water partition coefficient (Wildman–Crippen LogP) is 9.52. The molecule has 0 spiro atoms. The van der Waals surface area contributed by atoms with E-state index in [0.29, 0.717) is 5.69 Å². The fourth-order valence-electron chi connectivity index (χ4n) is 6.24. The second kappa shape index (κ2) is 11.6. The van der Waals surface area contributed by atoms with Crippen molar-refractivity contribution >= 4 is 38.8 Å². The van der Waals surface area contributed by atoms with Crippen LogP contribution in [-0.2, 0) is 38.9 Å². The van der Waals surface area contributed by atoms with Gasteiger partial charge in [0.1, 0.15) is 11.5 Å². The molecule has 0 amide bonds. The van der Waals surface area contributed by atoms with E-state index in [9.17, 15) is 9.90 Å². The molecule has 47 heavy (non-hydrogen) atoms. The van der Waals surface area contributed by atoms with E-state index in [1.54, 1.807) is 6.07 Å². The number of imidazole rings is 1. The number of rotatable bonds is 4. The maximum absolute atomic E-state index is 12.2. The Balaban J connectivity index is 0.00000386. The Morgan fingerprint density at radius 3 is 2.11 bits per heavy atom. The van der Waals surface area contributed by atoms with Gasteiger partial charge in [-0.15, -0.1) is 11.0 Å². The standard InChI is InChI=1S/C40H38N4O2.Pt/c1-39(2,3)25-16-17-31-28(20-25)29-21-26(40(4,5)6)22-30(35(29)42-31)37-43-36-27(14-11-15-34(36)44(37)7)32-18-24(19-33(41-32)38(45)46)23-12-9-8-10-13-23;/h8-22H,1-7H3,(H2,41,42,43,45,46);/p-1. The van der Waals surface area contributed by atoms with Crippen LogP contribution in [0, 0.1) is 0 Å². The summed E-state index contributed by atoms with van der Waals surface area (Å²) in [6.07, 6.45) is 0. The Bertz CT molecular complexity index is 2320. The average Bonchev–Trinajstić information content (AvgIpc) is 3.57. The molecular weight excluding hydrogens is 764 g/mol. The van der Waals surface area contributed by atoms with Crippen molar-refractivity contribution in [2.75, 3.05) is 0 Å². The average molecular weight is 801 g/mol. The van der Waals surface area contributed by atoms with Crippen LogP contribution < -0.4 is 4.98 Å². The van der Waals surface area contributed by atoms with Crippen LogP contribution in [0.3, 0.4) is 0 Å². The molecule has 0 radical (unpaired) electrons. The Morgan fingerprint density at radius 1 is 0.723 bits per heavy atom. The first-order valence-corrected chi connectivity index (χ1v) is 15.6. The molecule has 3 heterocycles. The molecule has 6 nitrogen and oxygen atoms in total. The Labute approximate surface area is 289 Å². The maximum Gasteiger partial charge on any atom is 0.354 e. The van der Waals surface area contributed by atoms with E-state index in [-0.39, 0.29) is 37.6 Å². The van der Waals surface area contributed by atoms with Crippen molar-refractivity contribution < 1.29 is 31.0 Å². The minimum absolute atomic E-state index is 0. The smallest absolute Gasteiger partial charge is 0.354 e. The summed E-state index contributed by atoms with van der Waals surface area (Å²) in [5.74, 6) is -0.270. The van der Waals surface area contributed by atoms with Gasteiger partial charge < -0.3 is 14.7 Å². The number of benzene rings is 4. The Morgan fingerprint density at radius 2 is 1.43 bits per heavy atom. The van der Waals surface area contributed by atoms with Gasteiger partial charge >= 0.3 is 5.97 Å². The van der Waals surface area contributed by atoms with Crippen molar-refractivity contribution in [3.05, 3.63) is 108 Å². The first kappa shape index (κ1) is 32.4. The maximum atomic E-state index is 12.2. The summed E-state index contributed by atoms with van der Waals surface area (Å²) in [5.41, 5.74) is 10.00. The Kier molecular flexibility index (Phi) is 8.00. The first-order valence-electron chi connectivity index (χ1n) is 15.6. The molecule has 1 N–H and O–H groups in total. The van der Waals surface area contributed by atoms with E-state index in [2.05, 4.69) is 81.4 Å². The van der Waals surface area contributed by atoms with Crippen molar-refractivity contribution in [2.45, 2.75) is 52.4 Å². The molecule has 0 aliphatic carbocycles. The van der Waals surface area contributed by atoms with Crippen molar-refractivity contribution in [3.63, 3.8) is 0 Å². The minimum atomic E-state index is -1.07. The van der Waals surface area contributed by atoms with Crippen LogP contribution in [0.2, 0.25) is 0 Å². The molecule has 4 aromatic carbocycles. The second-order valence-corrected chi connectivity index (χ2v) is 14.2. The van der Waals surface area contributed by atoms with E-state index in [4.69, 9.17) is 9.97 Å². The summed E-state index contributed by atoms with van der Waals surface area (Å²) in [4.78, 5) is 27.2. The first-order chi connectivity index (χ1) is 21.8. The van der Waals surface area contributed by atoms with Gasteiger partial charge in [-0.05, 0) is 68.1 Å². The summed E-state index contributed by atoms with van der Waals surface area (Å²) in [6, 6.07) is 30.5. The van der Waals surface area contributed by atoms with Crippen LogP contribution in [0.4, 0.5) is 0 Å². The summed E-state index contributed by atoms with van der Waals surface area (Å²) < 4.78 is 2.11. The summed E-state index contributed by atoms with van der Waals surface area (Å²) in [6.45, 7) is 13.4. The van der Waals surface area contributed by atoms with Crippen molar-refractivity contribution in [2.24, 2.45) is 7.05 Å². The zero-order chi connectivity index (χ0) is 32.5. The number of carbonyl (C=O) groups is 1. The molecule has 0 atom stereocenters. The number of nitrogens with zero attached hydrogens (tertiary/aromatic N) is 4. The minimum Gasteiger partial charge on any atom is -0.656 e. The summed E-state index contributed by atoms with van der Waals surface area (Å²) >= 11 is 0. The van der Waals surface area contributed by atoms with Crippen LogP contribution in [-0.4, -0.2) is 25.6 Å². The summed E-state index contributed by atoms with van der Waals surface area (Å²) in [5, 5.41) is 12.2. The van der Waals surface area contributed by atoms with Gasteiger partial charge in [-0.25, -0.2) is 14.8 Å². The largest absolute Gasteiger partial charge is 0.656 e. The van der Waals surface area contributed by atoms with Gasteiger partial charge in [0.2, 0.25) is 0 Å². The normalized spacial score (nSPS) is 12.1. The fourth-order valence-corrected chi connectivity index (χ4v) is 6.24.